The predicted octanol–water partition coefficient (Wildman–Crippen LogP) is 1.77. The van der Waals surface area contributed by atoms with Crippen molar-refractivity contribution in [2.24, 2.45) is 0 Å². The van der Waals surface area contributed by atoms with E-state index in [1.807, 2.05) is 6.92 Å². The molecule has 0 radical (unpaired) electrons. The number of amides is 1. The molecule has 0 heterocycles. The molecule has 4 N–H and O–H groups in total. The highest BCUT2D eigenvalue weighted by Gasteiger charge is 2.19. The summed E-state index contributed by atoms with van der Waals surface area (Å²) in [5.41, 5.74) is 7.05. The smallest absolute Gasteiger partial charge is 0.340 e. The lowest BCUT2D eigenvalue weighted by atomic mass is 10.1. The molecule has 1 amide bonds. The van der Waals surface area contributed by atoms with Gasteiger partial charge in [-0.15, -0.1) is 0 Å². The van der Waals surface area contributed by atoms with Crippen LogP contribution in [0.1, 0.15) is 37.6 Å². The van der Waals surface area contributed by atoms with Crippen molar-refractivity contribution in [2.75, 3.05) is 24.2 Å². The minimum Gasteiger partial charge on any atom is -0.462 e. The fraction of sp³-hybridized carbons (Fsp3) is 0.467. The summed E-state index contributed by atoms with van der Waals surface area (Å²) in [4.78, 5) is 23.8. The molecule has 6 nitrogen and oxygen atoms in total. The van der Waals surface area contributed by atoms with E-state index in [0.29, 0.717) is 23.5 Å². The average Bonchev–Trinajstić information content (AvgIpc) is 2.46. The minimum absolute atomic E-state index is 0.144. The van der Waals surface area contributed by atoms with Crippen LogP contribution in [0.15, 0.2) is 18.2 Å². The molecule has 0 aliphatic rings. The maximum Gasteiger partial charge on any atom is 0.340 e. The van der Waals surface area contributed by atoms with Gasteiger partial charge in [0.05, 0.1) is 23.5 Å². The van der Waals surface area contributed by atoms with E-state index in [9.17, 15) is 9.59 Å². The van der Waals surface area contributed by atoms with Crippen LogP contribution in [0.4, 0.5) is 11.4 Å². The standard InChI is InChI=1S/C15H23N3O3/c1-4-9-17-14(19)10(3)18-13-11(15(20)21-5-2)7-6-8-12(13)16/h6-8,10,18H,4-5,9,16H2,1-3H3,(H,17,19). The second-order valence-corrected chi connectivity index (χ2v) is 4.65. The first kappa shape index (κ1) is 16.8. The van der Waals surface area contributed by atoms with Crippen LogP contribution in [0.25, 0.3) is 0 Å². The van der Waals surface area contributed by atoms with Crippen LogP contribution in [0.5, 0.6) is 0 Å². The molecule has 1 aromatic rings. The Morgan fingerprint density at radius 3 is 2.67 bits per heavy atom. The summed E-state index contributed by atoms with van der Waals surface area (Å²) in [5, 5.41) is 5.78. The van der Waals surface area contributed by atoms with Gasteiger partial charge in [-0.2, -0.15) is 0 Å². The van der Waals surface area contributed by atoms with Gasteiger partial charge in [-0.1, -0.05) is 13.0 Å². The van der Waals surface area contributed by atoms with Gasteiger partial charge in [0, 0.05) is 6.54 Å². The van der Waals surface area contributed by atoms with Crippen molar-refractivity contribution < 1.29 is 14.3 Å². The number of nitrogen functional groups attached to an aromatic ring is 1. The highest BCUT2D eigenvalue weighted by atomic mass is 16.5. The summed E-state index contributed by atoms with van der Waals surface area (Å²) in [6.45, 7) is 6.32. The number of ether oxygens (including phenoxy) is 1. The Hall–Kier alpha value is -2.24. The molecule has 6 heteroatoms. The molecule has 21 heavy (non-hydrogen) atoms. The zero-order valence-electron chi connectivity index (χ0n) is 12.7. The Kier molecular flexibility index (Phi) is 6.52. The average molecular weight is 293 g/mol. The molecule has 0 saturated carbocycles. The summed E-state index contributed by atoms with van der Waals surface area (Å²) in [6.07, 6.45) is 0.861. The number of hydrogen-bond donors (Lipinski definition) is 3. The van der Waals surface area contributed by atoms with Gasteiger partial charge in [0.15, 0.2) is 0 Å². The van der Waals surface area contributed by atoms with Crippen LogP contribution in [0, 0.1) is 0 Å². The summed E-state index contributed by atoms with van der Waals surface area (Å²) in [7, 11) is 0. The van der Waals surface area contributed by atoms with E-state index in [4.69, 9.17) is 10.5 Å². The molecule has 1 atom stereocenters. The largest absolute Gasteiger partial charge is 0.462 e. The van der Waals surface area contributed by atoms with Crippen molar-refractivity contribution in [3.05, 3.63) is 23.8 Å². The predicted molar refractivity (Wildman–Crippen MR) is 83.2 cm³/mol. The van der Waals surface area contributed by atoms with E-state index in [-0.39, 0.29) is 12.5 Å². The number of anilines is 2. The summed E-state index contributed by atoms with van der Waals surface area (Å²) in [5.74, 6) is -0.608. The number of hydrogen-bond acceptors (Lipinski definition) is 5. The normalized spacial score (nSPS) is 11.6. The molecule has 0 saturated heterocycles. The number of carbonyl (C=O) groups is 2. The number of esters is 1. The van der Waals surface area contributed by atoms with Crippen LogP contribution in [-0.2, 0) is 9.53 Å². The maximum absolute atomic E-state index is 11.9. The van der Waals surface area contributed by atoms with Crippen molar-refractivity contribution >= 4 is 23.3 Å². The number of nitrogens with two attached hydrogens (primary N) is 1. The quantitative estimate of drug-likeness (QED) is 0.526. The highest BCUT2D eigenvalue weighted by Crippen LogP contribution is 2.25. The van der Waals surface area contributed by atoms with Gasteiger partial charge in [0.1, 0.15) is 6.04 Å². The first-order valence-corrected chi connectivity index (χ1v) is 7.11. The monoisotopic (exact) mass is 293 g/mol. The lowest BCUT2D eigenvalue weighted by molar-refractivity contribution is -0.121. The first-order valence-electron chi connectivity index (χ1n) is 7.11. The second-order valence-electron chi connectivity index (χ2n) is 4.65. The lowest BCUT2D eigenvalue weighted by Gasteiger charge is -2.18. The Labute approximate surface area is 125 Å². The maximum atomic E-state index is 11.9. The molecule has 0 fully saturated rings. The topological polar surface area (TPSA) is 93.5 Å². The van der Waals surface area contributed by atoms with Crippen LogP contribution < -0.4 is 16.4 Å². The third-order valence-electron chi connectivity index (χ3n) is 2.90. The molecular weight excluding hydrogens is 270 g/mol. The fourth-order valence-corrected chi connectivity index (χ4v) is 1.79. The van der Waals surface area contributed by atoms with Gasteiger partial charge in [-0.05, 0) is 32.4 Å². The Bertz CT molecular complexity index is 503. The van der Waals surface area contributed by atoms with Crippen LogP contribution in [0.3, 0.4) is 0 Å². The Morgan fingerprint density at radius 1 is 1.33 bits per heavy atom. The van der Waals surface area contributed by atoms with Gasteiger partial charge in [-0.3, -0.25) is 4.79 Å². The van der Waals surface area contributed by atoms with Gasteiger partial charge in [0.2, 0.25) is 5.91 Å². The van der Waals surface area contributed by atoms with Crippen LogP contribution in [-0.4, -0.2) is 31.1 Å². The Balaban J connectivity index is 2.91. The van der Waals surface area contributed by atoms with Gasteiger partial charge >= 0.3 is 5.97 Å². The third kappa shape index (κ3) is 4.66. The third-order valence-corrected chi connectivity index (χ3v) is 2.90. The van der Waals surface area contributed by atoms with Crippen LogP contribution >= 0.6 is 0 Å². The number of benzene rings is 1. The van der Waals surface area contributed by atoms with E-state index in [0.717, 1.165) is 6.42 Å². The SMILES string of the molecule is CCCNC(=O)C(C)Nc1c(N)cccc1C(=O)OCC. The van der Waals surface area contributed by atoms with E-state index in [2.05, 4.69) is 10.6 Å². The minimum atomic E-state index is -0.505. The molecule has 0 aromatic heterocycles. The number of rotatable bonds is 7. The van der Waals surface area contributed by atoms with E-state index >= 15 is 0 Å². The molecular formula is C15H23N3O3. The van der Waals surface area contributed by atoms with Gasteiger partial charge < -0.3 is 21.1 Å². The zero-order chi connectivity index (χ0) is 15.8. The molecule has 1 aromatic carbocycles. The van der Waals surface area contributed by atoms with Crippen molar-refractivity contribution in [3.8, 4) is 0 Å². The highest BCUT2D eigenvalue weighted by molar-refractivity contribution is 6.00. The lowest BCUT2D eigenvalue weighted by Crippen LogP contribution is -2.38. The van der Waals surface area contributed by atoms with Crippen molar-refractivity contribution in [1.29, 1.82) is 0 Å². The molecule has 116 valence electrons. The molecule has 1 unspecified atom stereocenters. The van der Waals surface area contributed by atoms with Gasteiger partial charge in [0.25, 0.3) is 0 Å². The summed E-state index contributed by atoms with van der Waals surface area (Å²) >= 11 is 0. The number of nitrogens with one attached hydrogen (secondary N) is 2. The van der Waals surface area contributed by atoms with E-state index in [1.165, 1.54) is 0 Å². The number of carbonyl (C=O) groups excluding carboxylic acids is 2. The van der Waals surface area contributed by atoms with Crippen molar-refractivity contribution in [2.45, 2.75) is 33.2 Å². The van der Waals surface area contributed by atoms with E-state index in [1.54, 1.807) is 32.0 Å². The summed E-state index contributed by atoms with van der Waals surface area (Å²) in [6, 6.07) is 4.46. The molecule has 0 spiro atoms. The molecule has 0 aliphatic heterocycles. The summed E-state index contributed by atoms with van der Waals surface area (Å²) < 4.78 is 5.00. The zero-order valence-corrected chi connectivity index (χ0v) is 12.7. The van der Waals surface area contributed by atoms with Crippen molar-refractivity contribution in [1.82, 2.24) is 5.32 Å². The molecule has 0 aliphatic carbocycles. The molecule has 1 rings (SSSR count). The number of para-hydroxylation sites is 1. The van der Waals surface area contributed by atoms with Gasteiger partial charge in [-0.25, -0.2) is 4.79 Å². The Morgan fingerprint density at radius 2 is 2.05 bits per heavy atom. The first-order chi connectivity index (χ1) is 10.0. The fourth-order valence-electron chi connectivity index (χ4n) is 1.79. The van der Waals surface area contributed by atoms with Crippen molar-refractivity contribution in [3.63, 3.8) is 0 Å². The second kappa shape index (κ2) is 8.14. The van der Waals surface area contributed by atoms with E-state index < -0.39 is 12.0 Å². The van der Waals surface area contributed by atoms with Crippen LogP contribution in [0.2, 0.25) is 0 Å². The molecule has 0 bridgehead atoms.